The number of rotatable bonds is 7. The molecule has 1 fully saturated rings. The van der Waals surface area contributed by atoms with E-state index in [-0.39, 0.29) is 11.4 Å². The van der Waals surface area contributed by atoms with Crippen LogP contribution >= 0.6 is 0 Å². The van der Waals surface area contributed by atoms with Gasteiger partial charge >= 0.3 is 0 Å². The summed E-state index contributed by atoms with van der Waals surface area (Å²) in [4.78, 5) is 19.0. The molecule has 1 unspecified atom stereocenters. The number of nitrogens with one attached hydrogen (secondary N) is 3. The zero-order chi connectivity index (χ0) is 22.0. The number of anilines is 3. The molecule has 4 rings (SSSR count). The van der Waals surface area contributed by atoms with Crippen LogP contribution in [0.15, 0.2) is 24.4 Å². The van der Waals surface area contributed by atoms with Gasteiger partial charge in [-0.2, -0.15) is 5.10 Å². The van der Waals surface area contributed by atoms with Crippen molar-refractivity contribution in [2.24, 2.45) is 0 Å². The molecule has 11 heteroatoms. The van der Waals surface area contributed by atoms with Crippen molar-refractivity contribution < 1.29 is 18.1 Å². The average molecular weight is 448 g/mol. The summed E-state index contributed by atoms with van der Waals surface area (Å²) in [6, 6.07) is 3.76. The predicted octanol–water partition coefficient (Wildman–Crippen LogP) is 3.57. The maximum atomic E-state index is 14.8. The van der Waals surface area contributed by atoms with Crippen LogP contribution in [-0.2, 0) is 11.4 Å². The van der Waals surface area contributed by atoms with Crippen LogP contribution in [-0.4, -0.2) is 44.5 Å². The van der Waals surface area contributed by atoms with E-state index < -0.39 is 34.5 Å². The fraction of sp³-hybridized carbons (Fsp3) is 0.350. The lowest BCUT2D eigenvalue weighted by atomic mass is 10.1. The van der Waals surface area contributed by atoms with E-state index in [4.69, 9.17) is 0 Å². The summed E-state index contributed by atoms with van der Waals surface area (Å²) >= 11 is -1.53. The Balaban J connectivity index is 1.59. The molecule has 0 spiro atoms. The number of hydrogen-bond acceptors (Lipinski definition) is 6. The molecule has 3 aromatic rings. The molecule has 0 aliphatic carbocycles. The van der Waals surface area contributed by atoms with Crippen molar-refractivity contribution in [3.63, 3.8) is 0 Å². The molecular weight excluding hydrogens is 426 g/mol. The highest BCUT2D eigenvalue weighted by Crippen LogP contribution is 2.29. The number of pyridine rings is 1. The van der Waals surface area contributed by atoms with Crippen LogP contribution in [0.3, 0.4) is 0 Å². The zero-order valence-corrected chi connectivity index (χ0v) is 17.7. The lowest BCUT2D eigenvalue weighted by Gasteiger charge is -2.15. The third-order valence-electron chi connectivity index (χ3n) is 4.99. The fourth-order valence-electron chi connectivity index (χ4n) is 3.52. The normalized spacial score (nSPS) is 14.8. The van der Waals surface area contributed by atoms with Crippen LogP contribution in [0.4, 0.5) is 26.0 Å². The number of H-pyrrole nitrogens is 1. The van der Waals surface area contributed by atoms with Gasteiger partial charge in [0, 0.05) is 13.1 Å². The molecule has 164 valence electrons. The smallest absolute Gasteiger partial charge is 0.261 e. The predicted molar refractivity (Wildman–Crippen MR) is 117 cm³/mol. The Hall–Kier alpha value is -2.92. The second-order valence-corrected chi connectivity index (χ2v) is 8.55. The first-order valence-electron chi connectivity index (χ1n) is 10.0. The van der Waals surface area contributed by atoms with E-state index in [1.165, 1.54) is 6.20 Å². The quantitative estimate of drug-likeness (QED) is 0.477. The van der Waals surface area contributed by atoms with Gasteiger partial charge in [0.2, 0.25) is 0 Å². The van der Waals surface area contributed by atoms with Gasteiger partial charge in [-0.1, -0.05) is 6.92 Å². The van der Waals surface area contributed by atoms with E-state index in [1.54, 1.807) is 6.07 Å². The van der Waals surface area contributed by atoms with Gasteiger partial charge in [-0.05, 0) is 37.5 Å². The van der Waals surface area contributed by atoms with Crippen LogP contribution in [0, 0.1) is 11.6 Å². The van der Waals surface area contributed by atoms with Gasteiger partial charge in [0.25, 0.3) is 5.91 Å². The Morgan fingerprint density at radius 2 is 2.10 bits per heavy atom. The summed E-state index contributed by atoms with van der Waals surface area (Å²) in [6.45, 7) is 3.60. The Labute approximate surface area is 180 Å². The fourth-order valence-corrected chi connectivity index (χ4v) is 4.40. The second kappa shape index (κ2) is 9.06. The standard InChI is InChI=1S/C20H22F2N6O2S/c1-2-9-31(30)27-15-6-5-14(21)16(17(15)22)20(29)24-12-10-13-18(23-11-12)25-26-19(13)28-7-3-4-8-28/h5-6,10-11,27H,2-4,7-9H2,1H3,(H,24,29)(H,23,25,26). The van der Waals surface area contributed by atoms with Crippen LogP contribution in [0.25, 0.3) is 11.0 Å². The molecule has 1 amide bonds. The lowest BCUT2D eigenvalue weighted by molar-refractivity contribution is 0.101. The number of aromatic nitrogens is 3. The molecule has 2 aromatic heterocycles. The molecule has 31 heavy (non-hydrogen) atoms. The van der Waals surface area contributed by atoms with Crippen molar-refractivity contribution in [2.75, 3.05) is 33.8 Å². The van der Waals surface area contributed by atoms with Crippen molar-refractivity contribution in [3.8, 4) is 0 Å². The van der Waals surface area contributed by atoms with Gasteiger partial charge in [0.1, 0.15) is 22.8 Å². The van der Waals surface area contributed by atoms with Crippen molar-refractivity contribution >= 4 is 45.5 Å². The molecule has 1 aromatic carbocycles. The third-order valence-corrected chi connectivity index (χ3v) is 6.22. The number of nitrogens with zero attached hydrogens (tertiary/aromatic N) is 3. The molecule has 1 aliphatic rings. The molecule has 0 radical (unpaired) electrons. The molecule has 1 saturated heterocycles. The first kappa shape index (κ1) is 21.3. The summed E-state index contributed by atoms with van der Waals surface area (Å²) in [5, 5.41) is 10.4. The van der Waals surface area contributed by atoms with E-state index >= 15 is 0 Å². The van der Waals surface area contributed by atoms with E-state index in [0.717, 1.165) is 43.9 Å². The van der Waals surface area contributed by atoms with Gasteiger partial charge in [-0.3, -0.25) is 9.89 Å². The number of carbonyl (C=O) groups excluding carboxylic acids is 1. The number of halogens is 2. The van der Waals surface area contributed by atoms with Crippen LogP contribution < -0.4 is 14.9 Å². The van der Waals surface area contributed by atoms with Crippen molar-refractivity contribution in [2.45, 2.75) is 26.2 Å². The van der Waals surface area contributed by atoms with Gasteiger partial charge < -0.3 is 14.8 Å². The summed E-state index contributed by atoms with van der Waals surface area (Å²) in [5.41, 5.74) is -0.114. The SMILES string of the molecule is CCC[S+]([O-])Nc1ccc(F)c(C(=O)Nc2cnc3[nH]nc(N4CCCC4)c3c2)c1F. The van der Waals surface area contributed by atoms with Crippen LogP contribution in [0.2, 0.25) is 0 Å². The van der Waals surface area contributed by atoms with Crippen molar-refractivity contribution in [1.29, 1.82) is 0 Å². The number of benzene rings is 1. The molecule has 1 aliphatic heterocycles. The third kappa shape index (κ3) is 4.42. The Kier molecular flexibility index (Phi) is 6.23. The summed E-state index contributed by atoms with van der Waals surface area (Å²) in [7, 11) is 0. The summed E-state index contributed by atoms with van der Waals surface area (Å²) in [6.07, 6.45) is 4.16. The Morgan fingerprint density at radius 1 is 1.32 bits per heavy atom. The topological polar surface area (TPSA) is 109 Å². The number of amides is 1. The van der Waals surface area contributed by atoms with Crippen molar-refractivity contribution in [3.05, 3.63) is 41.6 Å². The minimum absolute atomic E-state index is 0.196. The highest BCUT2D eigenvalue weighted by atomic mass is 32.2. The Morgan fingerprint density at radius 3 is 2.84 bits per heavy atom. The maximum Gasteiger partial charge on any atom is 0.261 e. The first-order chi connectivity index (χ1) is 15.0. The molecular formula is C20H22F2N6O2S. The number of carbonyl (C=O) groups is 1. The molecule has 0 bridgehead atoms. The summed E-state index contributed by atoms with van der Waals surface area (Å²) in [5.74, 6) is -2.05. The number of fused-ring (bicyclic) bond motifs is 1. The largest absolute Gasteiger partial charge is 0.593 e. The number of hydrogen-bond donors (Lipinski definition) is 3. The van der Waals surface area contributed by atoms with E-state index in [1.807, 2.05) is 6.92 Å². The maximum absolute atomic E-state index is 14.8. The van der Waals surface area contributed by atoms with Gasteiger partial charge in [-0.25, -0.2) is 18.5 Å². The molecule has 3 N–H and O–H groups in total. The molecule has 0 saturated carbocycles. The second-order valence-electron chi connectivity index (χ2n) is 7.25. The first-order valence-corrected chi connectivity index (χ1v) is 11.3. The highest BCUT2D eigenvalue weighted by molar-refractivity contribution is 7.92. The highest BCUT2D eigenvalue weighted by Gasteiger charge is 2.24. The van der Waals surface area contributed by atoms with E-state index in [2.05, 4.69) is 30.1 Å². The van der Waals surface area contributed by atoms with Gasteiger partial charge in [-0.15, -0.1) is 0 Å². The monoisotopic (exact) mass is 448 g/mol. The van der Waals surface area contributed by atoms with Crippen LogP contribution in [0.1, 0.15) is 36.5 Å². The Bertz CT molecular complexity index is 1100. The van der Waals surface area contributed by atoms with Gasteiger partial charge in [0.15, 0.2) is 17.3 Å². The lowest BCUT2D eigenvalue weighted by Crippen LogP contribution is -2.20. The van der Waals surface area contributed by atoms with Crippen LogP contribution in [0.5, 0.6) is 0 Å². The molecule has 3 heterocycles. The minimum atomic E-state index is -1.53. The minimum Gasteiger partial charge on any atom is -0.593 e. The molecule has 8 nitrogen and oxygen atoms in total. The average Bonchev–Trinajstić information content (AvgIpc) is 3.39. The van der Waals surface area contributed by atoms with E-state index in [9.17, 15) is 18.1 Å². The zero-order valence-electron chi connectivity index (χ0n) is 16.9. The molecule has 1 atom stereocenters. The summed E-state index contributed by atoms with van der Waals surface area (Å²) < 4.78 is 43.5. The van der Waals surface area contributed by atoms with Crippen molar-refractivity contribution in [1.82, 2.24) is 15.2 Å². The van der Waals surface area contributed by atoms with E-state index in [0.29, 0.717) is 23.2 Å². The van der Waals surface area contributed by atoms with Gasteiger partial charge in [0.05, 0.1) is 28.6 Å². The number of aromatic amines is 1.